The van der Waals surface area contributed by atoms with Crippen LogP contribution < -0.4 is 0 Å². The Morgan fingerprint density at radius 2 is 1.48 bits per heavy atom. The SMILES string of the molecule is CN(CC(c1ccc(Cl)c(Cl)c1)N1CCC(N2CCCC2)CC1)C(=O)Cc1cc(C(F)(F)F)cc(C(F)(F)F)c1. The summed E-state index contributed by atoms with van der Waals surface area (Å²) < 4.78 is 79.8. The van der Waals surface area contributed by atoms with E-state index in [0.29, 0.717) is 28.2 Å². The van der Waals surface area contributed by atoms with Crippen LogP contribution in [0, 0.1) is 0 Å². The fraction of sp³-hybridized carbons (Fsp3) is 0.536. The molecule has 2 aromatic carbocycles. The van der Waals surface area contributed by atoms with Crippen molar-refractivity contribution in [2.45, 2.75) is 56.5 Å². The van der Waals surface area contributed by atoms with E-state index < -0.39 is 35.8 Å². The first-order valence-corrected chi connectivity index (χ1v) is 13.9. The number of likely N-dealkylation sites (tertiary alicyclic amines) is 2. The summed E-state index contributed by atoms with van der Waals surface area (Å²) in [4.78, 5) is 19.2. The summed E-state index contributed by atoms with van der Waals surface area (Å²) in [6, 6.07) is 6.71. The van der Waals surface area contributed by atoms with Gasteiger partial charge in [-0.15, -0.1) is 0 Å². The van der Waals surface area contributed by atoms with E-state index in [1.54, 1.807) is 12.1 Å². The average Bonchev–Trinajstić information content (AvgIpc) is 3.43. The van der Waals surface area contributed by atoms with Gasteiger partial charge in [-0.1, -0.05) is 29.3 Å². The zero-order valence-electron chi connectivity index (χ0n) is 22.0. The summed E-state index contributed by atoms with van der Waals surface area (Å²) in [5.41, 5.74) is -2.41. The predicted molar refractivity (Wildman–Crippen MR) is 142 cm³/mol. The first-order chi connectivity index (χ1) is 18.7. The highest BCUT2D eigenvalue weighted by molar-refractivity contribution is 6.42. The molecule has 40 heavy (non-hydrogen) atoms. The molecule has 2 aliphatic rings. The van der Waals surface area contributed by atoms with Crippen molar-refractivity contribution >= 4 is 29.1 Å². The average molecular weight is 610 g/mol. The Morgan fingerprint density at radius 3 is 2.00 bits per heavy atom. The molecular formula is C28H31Cl2F6N3O. The van der Waals surface area contributed by atoms with E-state index in [1.807, 2.05) is 6.07 Å². The lowest BCUT2D eigenvalue weighted by Gasteiger charge is -2.41. The van der Waals surface area contributed by atoms with Gasteiger partial charge in [-0.2, -0.15) is 26.3 Å². The number of piperidine rings is 1. The molecule has 0 aromatic heterocycles. The van der Waals surface area contributed by atoms with Crippen molar-refractivity contribution in [1.29, 1.82) is 0 Å². The monoisotopic (exact) mass is 609 g/mol. The van der Waals surface area contributed by atoms with Gasteiger partial charge < -0.3 is 9.80 Å². The third kappa shape index (κ3) is 7.63. The van der Waals surface area contributed by atoms with E-state index in [9.17, 15) is 31.1 Å². The smallest absolute Gasteiger partial charge is 0.344 e. The highest BCUT2D eigenvalue weighted by Crippen LogP contribution is 2.37. The molecule has 2 aliphatic heterocycles. The maximum Gasteiger partial charge on any atom is 0.416 e. The topological polar surface area (TPSA) is 26.8 Å². The minimum Gasteiger partial charge on any atom is -0.344 e. The Morgan fingerprint density at radius 1 is 0.900 bits per heavy atom. The molecule has 0 spiro atoms. The van der Waals surface area contributed by atoms with Gasteiger partial charge in [-0.05, 0) is 80.2 Å². The number of hydrogen-bond donors (Lipinski definition) is 0. The standard InChI is InChI=1S/C28H31Cl2F6N3O/c1-37(26(40)14-18-12-20(27(31,32)33)16-21(13-18)28(34,35)36)17-25(19-4-5-23(29)24(30)15-19)39-10-6-22(7-11-39)38-8-2-3-9-38/h4-5,12-13,15-16,22,25H,2-3,6-11,14,17H2,1H3. The quantitative estimate of drug-likeness (QED) is 0.307. The van der Waals surface area contributed by atoms with Crippen LogP contribution in [0.1, 0.15) is 54.0 Å². The molecule has 2 saturated heterocycles. The summed E-state index contributed by atoms with van der Waals surface area (Å²) >= 11 is 12.4. The Kier molecular flexibility index (Phi) is 9.64. The Hall–Kier alpha value is -2.01. The van der Waals surface area contributed by atoms with Crippen LogP contribution in [0.15, 0.2) is 36.4 Å². The highest BCUT2D eigenvalue weighted by atomic mass is 35.5. The maximum atomic E-state index is 13.3. The van der Waals surface area contributed by atoms with E-state index in [-0.39, 0.29) is 24.2 Å². The molecule has 1 amide bonds. The van der Waals surface area contributed by atoms with Crippen molar-refractivity contribution in [1.82, 2.24) is 14.7 Å². The largest absolute Gasteiger partial charge is 0.416 e. The molecule has 220 valence electrons. The second-order valence-electron chi connectivity index (χ2n) is 10.6. The number of amides is 1. The summed E-state index contributed by atoms with van der Waals surface area (Å²) in [6.45, 7) is 3.93. The molecule has 0 N–H and O–H groups in total. The van der Waals surface area contributed by atoms with Crippen molar-refractivity contribution in [3.63, 3.8) is 0 Å². The van der Waals surface area contributed by atoms with Crippen LogP contribution in [0.2, 0.25) is 10.0 Å². The molecule has 4 rings (SSSR count). The number of hydrogen-bond acceptors (Lipinski definition) is 3. The first kappa shape index (κ1) is 30.9. The lowest BCUT2D eigenvalue weighted by atomic mass is 9.97. The molecule has 4 nitrogen and oxygen atoms in total. The predicted octanol–water partition coefficient (Wildman–Crippen LogP) is 7.33. The van der Waals surface area contributed by atoms with E-state index >= 15 is 0 Å². The van der Waals surface area contributed by atoms with Crippen molar-refractivity contribution in [2.24, 2.45) is 0 Å². The minimum absolute atomic E-state index is 0.0593. The number of benzene rings is 2. The zero-order chi connectivity index (χ0) is 29.2. The molecule has 2 heterocycles. The molecular weight excluding hydrogens is 579 g/mol. The Labute approximate surface area is 239 Å². The van der Waals surface area contributed by atoms with Gasteiger partial charge in [0.1, 0.15) is 0 Å². The van der Waals surface area contributed by atoms with E-state index in [1.165, 1.54) is 24.8 Å². The number of rotatable bonds is 7. The van der Waals surface area contributed by atoms with Crippen LogP contribution >= 0.6 is 23.2 Å². The summed E-state index contributed by atoms with van der Waals surface area (Å²) in [5, 5.41) is 0.736. The van der Waals surface area contributed by atoms with Crippen LogP contribution in [-0.2, 0) is 23.6 Å². The summed E-state index contributed by atoms with van der Waals surface area (Å²) in [7, 11) is 1.50. The third-order valence-electron chi connectivity index (χ3n) is 7.80. The lowest BCUT2D eigenvalue weighted by Crippen LogP contribution is -2.47. The van der Waals surface area contributed by atoms with E-state index in [2.05, 4.69) is 9.80 Å². The molecule has 12 heteroatoms. The molecule has 1 unspecified atom stereocenters. The Bertz CT molecular complexity index is 1160. The van der Waals surface area contributed by atoms with Gasteiger partial charge in [0.2, 0.25) is 5.91 Å². The number of halogens is 8. The normalized spacial score (nSPS) is 18.7. The molecule has 0 aliphatic carbocycles. The van der Waals surface area contributed by atoms with Gasteiger partial charge in [0.25, 0.3) is 0 Å². The van der Waals surface area contributed by atoms with Gasteiger partial charge in [0.05, 0.1) is 33.6 Å². The number of alkyl halides is 6. The molecule has 2 aromatic rings. The van der Waals surface area contributed by atoms with Crippen LogP contribution in [-0.4, -0.2) is 66.4 Å². The number of likely N-dealkylation sites (N-methyl/N-ethyl adjacent to an activating group) is 1. The van der Waals surface area contributed by atoms with Gasteiger partial charge >= 0.3 is 12.4 Å². The molecule has 0 bridgehead atoms. The maximum absolute atomic E-state index is 13.3. The van der Waals surface area contributed by atoms with Crippen molar-refractivity contribution in [2.75, 3.05) is 39.8 Å². The fourth-order valence-electron chi connectivity index (χ4n) is 5.61. The van der Waals surface area contributed by atoms with Crippen LogP contribution in [0.4, 0.5) is 26.3 Å². The fourth-order valence-corrected chi connectivity index (χ4v) is 5.92. The van der Waals surface area contributed by atoms with E-state index in [4.69, 9.17) is 23.2 Å². The summed E-state index contributed by atoms with van der Waals surface area (Å²) in [5.74, 6) is -0.593. The van der Waals surface area contributed by atoms with Crippen LogP contribution in [0.3, 0.4) is 0 Å². The van der Waals surface area contributed by atoms with Gasteiger partial charge in [-0.3, -0.25) is 9.69 Å². The second-order valence-corrected chi connectivity index (χ2v) is 11.4. The molecule has 1 atom stereocenters. The van der Waals surface area contributed by atoms with Gasteiger partial charge in [0.15, 0.2) is 0 Å². The number of carbonyl (C=O) groups is 1. The van der Waals surface area contributed by atoms with Crippen molar-refractivity contribution < 1.29 is 31.1 Å². The number of carbonyl (C=O) groups excluding carboxylic acids is 1. The van der Waals surface area contributed by atoms with Crippen LogP contribution in [0.5, 0.6) is 0 Å². The molecule has 0 saturated carbocycles. The van der Waals surface area contributed by atoms with Crippen LogP contribution in [0.25, 0.3) is 0 Å². The first-order valence-electron chi connectivity index (χ1n) is 13.2. The third-order valence-corrected chi connectivity index (χ3v) is 8.54. The lowest BCUT2D eigenvalue weighted by molar-refractivity contribution is -0.143. The van der Waals surface area contributed by atoms with Crippen molar-refractivity contribution in [3.05, 3.63) is 68.7 Å². The molecule has 0 radical (unpaired) electrons. The Balaban J connectivity index is 1.52. The van der Waals surface area contributed by atoms with Gasteiger partial charge in [-0.25, -0.2) is 0 Å². The molecule has 2 fully saturated rings. The summed E-state index contributed by atoms with van der Waals surface area (Å²) in [6.07, 6.45) is -6.24. The second kappa shape index (κ2) is 12.5. The van der Waals surface area contributed by atoms with E-state index in [0.717, 1.165) is 44.6 Å². The van der Waals surface area contributed by atoms with Crippen molar-refractivity contribution in [3.8, 4) is 0 Å². The highest BCUT2D eigenvalue weighted by Gasteiger charge is 2.37. The van der Waals surface area contributed by atoms with Gasteiger partial charge in [0, 0.05) is 32.7 Å². The zero-order valence-corrected chi connectivity index (χ0v) is 23.5. The minimum atomic E-state index is -4.98. The number of nitrogens with zero attached hydrogens (tertiary/aromatic N) is 3.